The third kappa shape index (κ3) is 4.06. The van der Waals surface area contributed by atoms with Crippen molar-refractivity contribution in [2.24, 2.45) is 5.92 Å². The number of hydrogen-bond donors (Lipinski definition) is 0. The molecule has 2 aromatic carbocycles. The molecule has 5 rings (SSSR count). The minimum absolute atomic E-state index is 0.0222. The molecule has 0 amide bonds. The SMILES string of the molecule is COC(=O)c1ccc(Cn2c3c(c4cc(F)ccc42)C(=O)C(CN2CCC(F)C2)CC3)cc1. The third-order valence-electron chi connectivity index (χ3n) is 6.89. The summed E-state index contributed by atoms with van der Waals surface area (Å²) < 4.78 is 34.6. The molecule has 0 bridgehead atoms. The summed E-state index contributed by atoms with van der Waals surface area (Å²) in [5.74, 6) is -0.951. The van der Waals surface area contributed by atoms with Gasteiger partial charge in [-0.25, -0.2) is 13.6 Å². The number of carbonyl (C=O) groups is 2. The Morgan fingerprint density at radius 2 is 1.94 bits per heavy atom. The Morgan fingerprint density at radius 3 is 2.64 bits per heavy atom. The Balaban J connectivity index is 1.49. The van der Waals surface area contributed by atoms with Crippen LogP contribution in [0.5, 0.6) is 0 Å². The molecule has 0 spiro atoms. The molecule has 1 saturated heterocycles. The number of fused-ring (bicyclic) bond motifs is 3. The van der Waals surface area contributed by atoms with Crippen molar-refractivity contribution < 1.29 is 23.1 Å². The van der Waals surface area contributed by atoms with Gasteiger partial charge in [0.25, 0.3) is 0 Å². The smallest absolute Gasteiger partial charge is 0.337 e. The molecule has 3 aromatic rings. The Morgan fingerprint density at radius 1 is 1.15 bits per heavy atom. The number of likely N-dealkylation sites (tertiary alicyclic amines) is 1. The molecule has 1 fully saturated rings. The number of esters is 1. The molecule has 2 heterocycles. The van der Waals surface area contributed by atoms with Crippen LogP contribution < -0.4 is 0 Å². The second-order valence-corrected chi connectivity index (χ2v) is 9.00. The van der Waals surface area contributed by atoms with Crippen molar-refractivity contribution in [1.82, 2.24) is 9.47 Å². The molecular formula is C26H26F2N2O3. The van der Waals surface area contributed by atoms with Crippen molar-refractivity contribution in [3.63, 3.8) is 0 Å². The van der Waals surface area contributed by atoms with E-state index in [2.05, 4.69) is 4.57 Å². The van der Waals surface area contributed by atoms with E-state index in [9.17, 15) is 18.4 Å². The van der Waals surface area contributed by atoms with E-state index in [1.54, 1.807) is 18.2 Å². The zero-order valence-electron chi connectivity index (χ0n) is 18.5. The lowest BCUT2D eigenvalue weighted by atomic mass is 9.84. The van der Waals surface area contributed by atoms with Gasteiger partial charge in [-0.15, -0.1) is 0 Å². The first-order valence-electron chi connectivity index (χ1n) is 11.3. The second kappa shape index (κ2) is 8.71. The lowest BCUT2D eigenvalue weighted by Crippen LogP contribution is -2.35. The molecule has 0 N–H and O–H groups in total. The number of halogens is 2. The number of rotatable bonds is 5. The molecule has 1 aromatic heterocycles. The van der Waals surface area contributed by atoms with E-state index < -0.39 is 12.1 Å². The molecule has 2 aliphatic rings. The van der Waals surface area contributed by atoms with Gasteiger partial charge in [0.05, 0.1) is 12.7 Å². The predicted molar refractivity (Wildman–Crippen MR) is 121 cm³/mol. The number of aromatic nitrogens is 1. The van der Waals surface area contributed by atoms with Gasteiger partial charge in [0.1, 0.15) is 12.0 Å². The van der Waals surface area contributed by atoms with Gasteiger partial charge in [0, 0.05) is 54.3 Å². The van der Waals surface area contributed by atoms with Crippen molar-refractivity contribution in [1.29, 1.82) is 0 Å². The zero-order valence-corrected chi connectivity index (χ0v) is 18.5. The van der Waals surface area contributed by atoms with Gasteiger partial charge >= 0.3 is 5.97 Å². The van der Waals surface area contributed by atoms with Crippen LogP contribution in [0.3, 0.4) is 0 Å². The van der Waals surface area contributed by atoms with E-state index in [0.29, 0.717) is 62.0 Å². The molecule has 2 atom stereocenters. The first kappa shape index (κ1) is 21.8. The standard InChI is InChI=1S/C26H26F2N2O3/c1-33-26(32)17-4-2-16(3-5-17)13-30-22-9-7-19(27)12-21(22)24-23(30)8-6-18(25(24)31)14-29-11-10-20(28)15-29/h2-5,7,9,12,18,20H,6,8,10-11,13-15H2,1H3. The molecule has 1 aliphatic heterocycles. The van der Waals surface area contributed by atoms with Gasteiger partial charge in [-0.1, -0.05) is 12.1 Å². The summed E-state index contributed by atoms with van der Waals surface area (Å²) in [5, 5.41) is 0.635. The van der Waals surface area contributed by atoms with Gasteiger partial charge in [-0.05, 0) is 55.2 Å². The number of nitrogens with zero attached hydrogens (tertiary/aromatic N) is 2. The number of Topliss-reactive ketones (excluding diaryl/α,β-unsaturated/α-hetero) is 1. The number of hydrogen-bond acceptors (Lipinski definition) is 4. The summed E-state index contributed by atoms with van der Waals surface area (Å²) in [6, 6.07) is 11.7. The first-order chi connectivity index (χ1) is 15.9. The maximum atomic E-state index is 14.2. The predicted octanol–water partition coefficient (Wildman–Crippen LogP) is 4.40. The number of ether oxygens (including phenoxy) is 1. The van der Waals surface area contributed by atoms with Crippen LogP contribution in [0.15, 0.2) is 42.5 Å². The Kier molecular flexibility index (Phi) is 5.74. The number of benzene rings is 2. The highest BCUT2D eigenvalue weighted by molar-refractivity contribution is 6.11. The van der Waals surface area contributed by atoms with Crippen molar-refractivity contribution in [3.8, 4) is 0 Å². The Labute approximate surface area is 190 Å². The first-order valence-corrected chi connectivity index (χ1v) is 11.3. The van der Waals surface area contributed by atoms with Crippen LogP contribution in [-0.4, -0.2) is 54.1 Å². The quantitative estimate of drug-likeness (QED) is 0.539. The van der Waals surface area contributed by atoms with Crippen LogP contribution in [0.1, 0.15) is 44.8 Å². The van der Waals surface area contributed by atoms with E-state index in [1.165, 1.54) is 19.2 Å². The average molecular weight is 453 g/mol. The average Bonchev–Trinajstić information content (AvgIpc) is 3.36. The van der Waals surface area contributed by atoms with E-state index >= 15 is 0 Å². The van der Waals surface area contributed by atoms with Crippen LogP contribution in [0.25, 0.3) is 10.9 Å². The van der Waals surface area contributed by atoms with Crippen LogP contribution in [0, 0.1) is 11.7 Å². The molecule has 0 radical (unpaired) electrons. The summed E-state index contributed by atoms with van der Waals surface area (Å²) in [5.41, 5.74) is 3.77. The summed E-state index contributed by atoms with van der Waals surface area (Å²) >= 11 is 0. The van der Waals surface area contributed by atoms with E-state index in [0.717, 1.165) is 16.8 Å². The van der Waals surface area contributed by atoms with Crippen molar-refractivity contribution >= 4 is 22.7 Å². The van der Waals surface area contributed by atoms with Crippen molar-refractivity contribution in [2.75, 3.05) is 26.7 Å². The number of alkyl halides is 1. The van der Waals surface area contributed by atoms with Gasteiger partial charge < -0.3 is 9.30 Å². The summed E-state index contributed by atoms with van der Waals surface area (Å²) in [6.45, 7) is 2.12. The molecule has 172 valence electrons. The lowest BCUT2D eigenvalue weighted by molar-refractivity contribution is 0.0600. The molecule has 0 saturated carbocycles. The van der Waals surface area contributed by atoms with Crippen molar-refractivity contribution in [2.45, 2.75) is 32.0 Å². The van der Waals surface area contributed by atoms with Crippen LogP contribution in [-0.2, 0) is 17.7 Å². The van der Waals surface area contributed by atoms with Crippen LogP contribution >= 0.6 is 0 Å². The van der Waals surface area contributed by atoms with E-state index in [1.807, 2.05) is 17.0 Å². The second-order valence-electron chi connectivity index (χ2n) is 9.00. The number of carbonyl (C=O) groups excluding carboxylic acids is 2. The monoisotopic (exact) mass is 452 g/mol. The summed E-state index contributed by atoms with van der Waals surface area (Å²) in [6.07, 6.45) is 1.10. The van der Waals surface area contributed by atoms with Gasteiger partial charge in [0.2, 0.25) is 0 Å². The molecular weight excluding hydrogens is 426 g/mol. The molecule has 5 nitrogen and oxygen atoms in total. The fourth-order valence-corrected chi connectivity index (χ4v) is 5.23. The Hall–Kier alpha value is -3.06. The van der Waals surface area contributed by atoms with Gasteiger partial charge in [0.15, 0.2) is 5.78 Å². The maximum Gasteiger partial charge on any atom is 0.337 e. The largest absolute Gasteiger partial charge is 0.465 e. The summed E-state index contributed by atoms with van der Waals surface area (Å²) in [7, 11) is 1.34. The van der Waals surface area contributed by atoms with Gasteiger partial charge in [-0.2, -0.15) is 0 Å². The fourth-order valence-electron chi connectivity index (χ4n) is 5.23. The molecule has 1 aliphatic carbocycles. The molecule has 2 unspecified atom stereocenters. The highest BCUT2D eigenvalue weighted by Crippen LogP contribution is 2.36. The maximum absolute atomic E-state index is 14.2. The molecule has 7 heteroatoms. The highest BCUT2D eigenvalue weighted by Gasteiger charge is 2.35. The summed E-state index contributed by atoms with van der Waals surface area (Å²) in [4.78, 5) is 27.3. The highest BCUT2D eigenvalue weighted by atomic mass is 19.1. The number of methoxy groups -OCH3 is 1. The normalized spacial score (nSPS) is 20.9. The topological polar surface area (TPSA) is 51.5 Å². The number of ketones is 1. The lowest BCUT2D eigenvalue weighted by Gasteiger charge is -2.26. The minimum Gasteiger partial charge on any atom is -0.465 e. The van der Waals surface area contributed by atoms with Crippen LogP contribution in [0.4, 0.5) is 8.78 Å². The molecule has 33 heavy (non-hydrogen) atoms. The van der Waals surface area contributed by atoms with E-state index in [4.69, 9.17) is 4.74 Å². The van der Waals surface area contributed by atoms with Crippen LogP contribution in [0.2, 0.25) is 0 Å². The Bertz CT molecular complexity index is 1220. The minimum atomic E-state index is -0.819. The van der Waals surface area contributed by atoms with Gasteiger partial charge in [-0.3, -0.25) is 9.69 Å². The van der Waals surface area contributed by atoms with E-state index in [-0.39, 0.29) is 17.5 Å². The zero-order chi connectivity index (χ0) is 23.1. The fraction of sp³-hybridized carbons (Fsp3) is 0.385. The third-order valence-corrected chi connectivity index (χ3v) is 6.89. The van der Waals surface area contributed by atoms with Crippen molar-refractivity contribution in [3.05, 3.63) is 70.7 Å².